The summed E-state index contributed by atoms with van der Waals surface area (Å²) in [5.41, 5.74) is 0.0432. The second-order valence-electron chi connectivity index (χ2n) is 7.17. The summed E-state index contributed by atoms with van der Waals surface area (Å²) in [4.78, 5) is 39.0. The zero-order valence-corrected chi connectivity index (χ0v) is 16.5. The van der Waals surface area contributed by atoms with Crippen LogP contribution in [-0.4, -0.2) is 52.4 Å². The highest BCUT2D eigenvalue weighted by atomic mass is 16.6. The number of fused-ring (bicyclic) bond motifs is 1. The maximum absolute atomic E-state index is 12.9. The van der Waals surface area contributed by atoms with E-state index in [9.17, 15) is 14.4 Å². The van der Waals surface area contributed by atoms with Gasteiger partial charge >= 0.3 is 6.09 Å². The number of nitrogens with zero attached hydrogens (tertiary/aromatic N) is 3. The third-order valence-corrected chi connectivity index (χ3v) is 4.89. The van der Waals surface area contributed by atoms with Gasteiger partial charge in [-0.05, 0) is 39.7 Å². The number of carbonyl (C=O) groups excluding carboxylic acids is 2. The van der Waals surface area contributed by atoms with Gasteiger partial charge in [0.25, 0.3) is 11.5 Å². The van der Waals surface area contributed by atoms with Crippen LogP contribution in [0.1, 0.15) is 50.1 Å². The molecular weight excluding hydrogens is 360 g/mol. The fourth-order valence-electron chi connectivity index (χ4n) is 3.40. The summed E-state index contributed by atoms with van der Waals surface area (Å²) in [5, 5.41) is 8.38. The Morgan fingerprint density at radius 3 is 2.46 bits per heavy atom. The van der Waals surface area contributed by atoms with Crippen molar-refractivity contribution < 1.29 is 14.3 Å². The molecule has 150 valence electrons. The van der Waals surface area contributed by atoms with Crippen LogP contribution in [0, 0.1) is 0 Å². The van der Waals surface area contributed by atoms with Gasteiger partial charge in [0.2, 0.25) is 0 Å². The average molecular weight is 386 g/mol. The van der Waals surface area contributed by atoms with Crippen molar-refractivity contribution in [3.05, 3.63) is 40.3 Å². The van der Waals surface area contributed by atoms with Crippen LogP contribution in [0.5, 0.6) is 0 Å². The standard InChI is InChI=1S/C20H26N4O4/c1-4-28-20(27)23-11-9-14(10-12-23)21-18(25)17-15-7-5-6-8-16(15)19(26)24(22-17)13(2)3/h5-8,13-14H,4,9-12H2,1-3H3,(H,21,25). The number of piperidine rings is 1. The van der Waals surface area contributed by atoms with Crippen molar-refractivity contribution in [2.45, 2.75) is 45.7 Å². The van der Waals surface area contributed by atoms with Crippen LogP contribution in [0.2, 0.25) is 0 Å². The topological polar surface area (TPSA) is 93.5 Å². The Morgan fingerprint density at radius 1 is 1.21 bits per heavy atom. The molecule has 1 saturated heterocycles. The molecule has 0 spiro atoms. The molecule has 1 aromatic carbocycles. The lowest BCUT2D eigenvalue weighted by Gasteiger charge is -2.31. The number of hydrogen-bond donors (Lipinski definition) is 1. The van der Waals surface area contributed by atoms with Gasteiger partial charge in [-0.15, -0.1) is 0 Å². The van der Waals surface area contributed by atoms with E-state index in [1.54, 1.807) is 36.1 Å². The van der Waals surface area contributed by atoms with E-state index in [4.69, 9.17) is 4.74 Å². The van der Waals surface area contributed by atoms with Crippen LogP contribution in [0.25, 0.3) is 10.8 Å². The van der Waals surface area contributed by atoms with Gasteiger partial charge < -0.3 is 15.0 Å². The first-order valence-electron chi connectivity index (χ1n) is 9.66. The normalized spacial score (nSPS) is 15.1. The SMILES string of the molecule is CCOC(=O)N1CCC(NC(=O)c2nn(C(C)C)c(=O)c3ccccc23)CC1. The molecule has 2 aromatic rings. The van der Waals surface area contributed by atoms with Crippen molar-refractivity contribution in [3.8, 4) is 0 Å². The third-order valence-electron chi connectivity index (χ3n) is 4.89. The van der Waals surface area contributed by atoms with Gasteiger partial charge in [-0.3, -0.25) is 9.59 Å². The molecule has 2 amide bonds. The van der Waals surface area contributed by atoms with Crippen molar-refractivity contribution in [2.75, 3.05) is 19.7 Å². The van der Waals surface area contributed by atoms with E-state index in [0.717, 1.165) is 0 Å². The first-order valence-corrected chi connectivity index (χ1v) is 9.66. The Labute approximate surface area is 163 Å². The Kier molecular flexibility index (Phi) is 5.96. The van der Waals surface area contributed by atoms with Crippen molar-refractivity contribution in [3.63, 3.8) is 0 Å². The van der Waals surface area contributed by atoms with Gasteiger partial charge in [0.05, 0.1) is 18.0 Å². The van der Waals surface area contributed by atoms with E-state index in [1.807, 2.05) is 13.8 Å². The molecule has 0 saturated carbocycles. The van der Waals surface area contributed by atoms with Crippen LogP contribution >= 0.6 is 0 Å². The van der Waals surface area contributed by atoms with Crippen molar-refractivity contribution in [2.24, 2.45) is 0 Å². The lowest BCUT2D eigenvalue weighted by molar-refractivity contribution is 0.0856. The summed E-state index contributed by atoms with van der Waals surface area (Å²) >= 11 is 0. The third kappa shape index (κ3) is 4.00. The first-order chi connectivity index (χ1) is 13.4. The summed E-state index contributed by atoms with van der Waals surface area (Å²) < 4.78 is 6.37. The van der Waals surface area contributed by atoms with E-state index in [2.05, 4.69) is 10.4 Å². The molecular formula is C20H26N4O4. The Balaban J connectivity index is 1.78. The molecule has 1 fully saturated rings. The summed E-state index contributed by atoms with van der Waals surface area (Å²) in [6.07, 6.45) is 0.975. The lowest BCUT2D eigenvalue weighted by Crippen LogP contribution is -2.47. The molecule has 0 bridgehead atoms. The maximum atomic E-state index is 12.9. The van der Waals surface area contributed by atoms with Gasteiger partial charge in [-0.25, -0.2) is 9.48 Å². The molecule has 28 heavy (non-hydrogen) atoms. The summed E-state index contributed by atoms with van der Waals surface area (Å²) in [7, 11) is 0. The Bertz CT molecular complexity index is 929. The number of likely N-dealkylation sites (tertiary alicyclic amines) is 1. The number of aromatic nitrogens is 2. The minimum absolute atomic E-state index is 0.0573. The van der Waals surface area contributed by atoms with Crippen molar-refractivity contribution in [1.29, 1.82) is 0 Å². The van der Waals surface area contributed by atoms with Crippen LogP contribution in [0.15, 0.2) is 29.1 Å². The van der Waals surface area contributed by atoms with Crippen LogP contribution in [0.3, 0.4) is 0 Å². The second kappa shape index (κ2) is 8.41. The maximum Gasteiger partial charge on any atom is 0.409 e. The van der Waals surface area contributed by atoms with E-state index in [-0.39, 0.29) is 35.3 Å². The zero-order chi connectivity index (χ0) is 20.3. The van der Waals surface area contributed by atoms with Gasteiger partial charge in [-0.2, -0.15) is 5.10 Å². The van der Waals surface area contributed by atoms with Crippen LogP contribution < -0.4 is 10.9 Å². The van der Waals surface area contributed by atoms with E-state index >= 15 is 0 Å². The van der Waals surface area contributed by atoms with Crippen molar-refractivity contribution in [1.82, 2.24) is 20.0 Å². The molecule has 0 radical (unpaired) electrons. The predicted molar refractivity (Wildman–Crippen MR) is 105 cm³/mol. The molecule has 8 nitrogen and oxygen atoms in total. The Hall–Kier alpha value is -2.90. The molecule has 0 atom stereocenters. The predicted octanol–water partition coefficient (Wildman–Crippen LogP) is 2.33. The van der Waals surface area contributed by atoms with Gasteiger partial charge in [0.15, 0.2) is 5.69 Å². The number of ether oxygens (including phenoxy) is 1. The smallest absolute Gasteiger partial charge is 0.409 e. The van der Waals surface area contributed by atoms with Gasteiger partial charge in [0, 0.05) is 24.5 Å². The van der Waals surface area contributed by atoms with Crippen LogP contribution in [0.4, 0.5) is 4.79 Å². The quantitative estimate of drug-likeness (QED) is 0.870. The molecule has 0 aliphatic carbocycles. The molecule has 1 N–H and O–H groups in total. The molecule has 0 unspecified atom stereocenters. The van der Waals surface area contributed by atoms with E-state index in [0.29, 0.717) is 43.3 Å². The van der Waals surface area contributed by atoms with Crippen molar-refractivity contribution >= 4 is 22.8 Å². The molecule has 3 rings (SSSR count). The number of hydrogen-bond acceptors (Lipinski definition) is 5. The fourth-order valence-corrected chi connectivity index (χ4v) is 3.40. The zero-order valence-electron chi connectivity index (χ0n) is 16.5. The molecule has 2 heterocycles. The molecule has 1 aromatic heterocycles. The number of amides is 2. The highest BCUT2D eigenvalue weighted by molar-refractivity contribution is 6.04. The largest absolute Gasteiger partial charge is 0.450 e. The summed E-state index contributed by atoms with van der Waals surface area (Å²) in [6, 6.07) is 6.81. The monoisotopic (exact) mass is 386 g/mol. The lowest BCUT2D eigenvalue weighted by atomic mass is 10.0. The minimum atomic E-state index is -0.316. The molecule has 1 aliphatic rings. The number of rotatable bonds is 4. The highest BCUT2D eigenvalue weighted by Crippen LogP contribution is 2.17. The number of benzene rings is 1. The number of carbonyl (C=O) groups is 2. The molecule has 8 heteroatoms. The summed E-state index contributed by atoms with van der Waals surface area (Å²) in [6.45, 7) is 6.90. The first kappa shape index (κ1) is 19.9. The van der Waals surface area contributed by atoms with E-state index < -0.39 is 0 Å². The number of nitrogens with one attached hydrogen (secondary N) is 1. The second-order valence-corrected chi connectivity index (χ2v) is 7.17. The highest BCUT2D eigenvalue weighted by Gasteiger charge is 2.26. The van der Waals surface area contributed by atoms with Crippen LogP contribution in [-0.2, 0) is 4.74 Å². The van der Waals surface area contributed by atoms with Gasteiger partial charge in [-0.1, -0.05) is 18.2 Å². The average Bonchev–Trinajstić information content (AvgIpc) is 2.69. The molecule has 1 aliphatic heterocycles. The summed E-state index contributed by atoms with van der Waals surface area (Å²) in [5.74, 6) is -0.305. The van der Waals surface area contributed by atoms with Gasteiger partial charge in [0.1, 0.15) is 0 Å². The minimum Gasteiger partial charge on any atom is -0.450 e. The Morgan fingerprint density at radius 2 is 1.86 bits per heavy atom. The van der Waals surface area contributed by atoms with E-state index in [1.165, 1.54) is 4.68 Å². The fraction of sp³-hybridized carbons (Fsp3) is 0.500.